The van der Waals surface area contributed by atoms with Crippen molar-refractivity contribution >= 4 is 35.1 Å². The van der Waals surface area contributed by atoms with E-state index in [9.17, 15) is 9.59 Å². The number of ether oxygens (including phenoxy) is 1. The minimum Gasteiger partial charge on any atom is -0.482 e. The lowest BCUT2D eigenvalue weighted by Gasteiger charge is -2.15. The van der Waals surface area contributed by atoms with E-state index in [4.69, 9.17) is 38.8 Å². The summed E-state index contributed by atoms with van der Waals surface area (Å²) in [7, 11) is 0. The number of nitrogens with one attached hydrogen (secondary N) is 1. The fraction of sp³-hybridized carbons (Fsp3) is 0.429. The highest BCUT2D eigenvalue weighted by atomic mass is 35.5. The van der Waals surface area contributed by atoms with Crippen LogP contribution in [-0.4, -0.2) is 36.2 Å². The average molecular weight is 349 g/mol. The zero-order chi connectivity index (χ0) is 16.5. The van der Waals surface area contributed by atoms with Crippen LogP contribution >= 0.6 is 23.2 Å². The van der Waals surface area contributed by atoms with E-state index < -0.39 is 17.9 Å². The van der Waals surface area contributed by atoms with Gasteiger partial charge in [0.1, 0.15) is 11.8 Å². The van der Waals surface area contributed by atoms with E-state index in [-0.39, 0.29) is 11.6 Å². The minimum atomic E-state index is -1.09. The van der Waals surface area contributed by atoms with Crippen molar-refractivity contribution in [3.63, 3.8) is 0 Å². The summed E-state index contributed by atoms with van der Waals surface area (Å²) in [4.78, 5) is 22.8. The van der Waals surface area contributed by atoms with Gasteiger partial charge in [-0.25, -0.2) is 4.79 Å². The first kappa shape index (κ1) is 18.5. The molecule has 22 heavy (non-hydrogen) atoms. The summed E-state index contributed by atoms with van der Waals surface area (Å²) in [6.07, 6.45) is 1.65. The molecule has 1 amide bonds. The topological polar surface area (TPSA) is 102 Å². The van der Waals surface area contributed by atoms with E-state index in [1.54, 1.807) is 6.07 Å². The number of nitrogens with two attached hydrogens (primary N) is 1. The van der Waals surface area contributed by atoms with Gasteiger partial charge in [-0.05, 0) is 44.0 Å². The maximum Gasteiger partial charge on any atom is 0.326 e. The van der Waals surface area contributed by atoms with Crippen LogP contribution in [0.5, 0.6) is 5.75 Å². The molecule has 1 rings (SSSR count). The molecule has 1 aromatic rings. The molecule has 0 radical (unpaired) electrons. The summed E-state index contributed by atoms with van der Waals surface area (Å²) in [5, 5.41) is 12.2. The predicted octanol–water partition coefficient (Wildman–Crippen LogP) is 2.07. The number of aliphatic carboxylic acids is 1. The van der Waals surface area contributed by atoms with Crippen LogP contribution in [0.15, 0.2) is 18.2 Å². The first-order valence-corrected chi connectivity index (χ1v) is 7.49. The number of amides is 1. The van der Waals surface area contributed by atoms with Gasteiger partial charge in [0, 0.05) is 5.02 Å². The molecule has 4 N–H and O–H groups in total. The van der Waals surface area contributed by atoms with Gasteiger partial charge in [-0.15, -0.1) is 0 Å². The molecule has 6 nitrogen and oxygen atoms in total. The number of rotatable bonds is 9. The van der Waals surface area contributed by atoms with Gasteiger partial charge in [0.05, 0.1) is 5.02 Å². The lowest BCUT2D eigenvalue weighted by Crippen LogP contribution is -2.43. The van der Waals surface area contributed by atoms with Crippen LogP contribution in [0, 0.1) is 0 Å². The zero-order valence-electron chi connectivity index (χ0n) is 11.9. The van der Waals surface area contributed by atoms with Crippen molar-refractivity contribution in [2.45, 2.75) is 25.3 Å². The summed E-state index contributed by atoms with van der Waals surface area (Å²) < 4.78 is 5.24. The summed E-state index contributed by atoms with van der Waals surface area (Å²) in [6, 6.07) is 3.65. The van der Waals surface area contributed by atoms with Crippen molar-refractivity contribution in [1.29, 1.82) is 0 Å². The van der Waals surface area contributed by atoms with Crippen molar-refractivity contribution in [2.24, 2.45) is 5.73 Å². The summed E-state index contributed by atoms with van der Waals surface area (Å²) >= 11 is 11.7. The van der Waals surface area contributed by atoms with Crippen LogP contribution in [0.3, 0.4) is 0 Å². The van der Waals surface area contributed by atoms with Crippen molar-refractivity contribution in [2.75, 3.05) is 13.2 Å². The van der Waals surface area contributed by atoms with E-state index in [1.807, 2.05) is 0 Å². The van der Waals surface area contributed by atoms with Crippen LogP contribution in [0.1, 0.15) is 19.3 Å². The highest BCUT2D eigenvalue weighted by molar-refractivity contribution is 6.35. The van der Waals surface area contributed by atoms with Crippen molar-refractivity contribution in [3.05, 3.63) is 28.2 Å². The van der Waals surface area contributed by atoms with Crippen LogP contribution in [-0.2, 0) is 9.59 Å². The Morgan fingerprint density at radius 3 is 2.64 bits per heavy atom. The number of benzene rings is 1. The number of carboxylic acids is 1. The minimum absolute atomic E-state index is 0.276. The molecule has 0 spiro atoms. The Morgan fingerprint density at radius 2 is 2.05 bits per heavy atom. The van der Waals surface area contributed by atoms with E-state index in [1.165, 1.54) is 12.1 Å². The molecule has 1 atom stereocenters. The smallest absolute Gasteiger partial charge is 0.326 e. The first-order valence-electron chi connectivity index (χ1n) is 6.74. The largest absolute Gasteiger partial charge is 0.482 e. The van der Waals surface area contributed by atoms with E-state index in [0.29, 0.717) is 36.6 Å². The van der Waals surface area contributed by atoms with Gasteiger partial charge in [0.15, 0.2) is 6.61 Å². The third kappa shape index (κ3) is 6.51. The molecule has 122 valence electrons. The Balaban J connectivity index is 2.47. The third-order valence-corrected chi connectivity index (χ3v) is 3.36. The highest BCUT2D eigenvalue weighted by Gasteiger charge is 2.19. The van der Waals surface area contributed by atoms with Gasteiger partial charge in [-0.1, -0.05) is 23.2 Å². The summed E-state index contributed by atoms with van der Waals surface area (Å²) in [5.74, 6) is -1.32. The number of unbranched alkanes of at least 4 members (excludes halogenated alkanes) is 1. The van der Waals surface area contributed by atoms with E-state index >= 15 is 0 Å². The van der Waals surface area contributed by atoms with E-state index in [0.717, 1.165) is 0 Å². The fourth-order valence-corrected chi connectivity index (χ4v) is 2.18. The maximum atomic E-state index is 11.7. The molecule has 0 heterocycles. The number of carboxylic acid groups (broad SMARTS) is 1. The lowest BCUT2D eigenvalue weighted by atomic mass is 10.1. The fourth-order valence-electron chi connectivity index (χ4n) is 1.72. The van der Waals surface area contributed by atoms with Crippen molar-refractivity contribution < 1.29 is 19.4 Å². The van der Waals surface area contributed by atoms with Crippen LogP contribution in [0.2, 0.25) is 10.0 Å². The molecule has 0 aromatic heterocycles. The maximum absolute atomic E-state index is 11.7. The Labute approximate surface area is 138 Å². The molecular formula is C14H18Cl2N2O4. The first-order chi connectivity index (χ1) is 10.4. The molecule has 0 fully saturated rings. The molecule has 0 aliphatic carbocycles. The van der Waals surface area contributed by atoms with Gasteiger partial charge in [0.25, 0.3) is 5.91 Å². The van der Waals surface area contributed by atoms with Crippen LogP contribution in [0.25, 0.3) is 0 Å². The number of hydrogen-bond donors (Lipinski definition) is 3. The predicted molar refractivity (Wildman–Crippen MR) is 84.4 cm³/mol. The molecular weight excluding hydrogens is 331 g/mol. The SMILES string of the molecule is NCCCCC(NC(=O)COc1ccc(Cl)cc1Cl)C(=O)O. The molecule has 0 aliphatic heterocycles. The zero-order valence-corrected chi connectivity index (χ0v) is 13.4. The summed E-state index contributed by atoms with van der Waals surface area (Å²) in [6.45, 7) is 0.153. The highest BCUT2D eigenvalue weighted by Crippen LogP contribution is 2.27. The van der Waals surface area contributed by atoms with Gasteiger partial charge < -0.3 is 20.9 Å². The number of carbonyl (C=O) groups is 2. The number of halogens is 2. The van der Waals surface area contributed by atoms with Crippen LogP contribution < -0.4 is 15.8 Å². The normalized spacial score (nSPS) is 11.8. The monoisotopic (exact) mass is 348 g/mol. The van der Waals surface area contributed by atoms with Gasteiger partial charge >= 0.3 is 5.97 Å². The molecule has 8 heteroatoms. The molecule has 0 aliphatic rings. The second-order valence-corrected chi connectivity index (χ2v) is 5.45. The third-order valence-electron chi connectivity index (χ3n) is 2.83. The van der Waals surface area contributed by atoms with E-state index in [2.05, 4.69) is 5.32 Å². The van der Waals surface area contributed by atoms with Gasteiger partial charge in [-0.3, -0.25) is 4.79 Å². The molecule has 1 unspecified atom stereocenters. The Bertz CT molecular complexity index is 526. The summed E-state index contributed by atoms with van der Waals surface area (Å²) in [5.41, 5.74) is 5.35. The second kappa shape index (κ2) is 9.50. The molecule has 0 saturated heterocycles. The number of carbonyl (C=O) groups excluding carboxylic acids is 1. The molecule has 1 aromatic carbocycles. The Hall–Kier alpha value is -1.50. The molecule has 0 saturated carbocycles. The quantitative estimate of drug-likeness (QED) is 0.593. The Kier molecular flexibility index (Phi) is 8.01. The van der Waals surface area contributed by atoms with Crippen LogP contribution in [0.4, 0.5) is 0 Å². The van der Waals surface area contributed by atoms with Gasteiger partial charge in [-0.2, -0.15) is 0 Å². The lowest BCUT2D eigenvalue weighted by molar-refractivity contribution is -0.142. The average Bonchev–Trinajstić information content (AvgIpc) is 2.45. The Morgan fingerprint density at radius 1 is 1.32 bits per heavy atom. The van der Waals surface area contributed by atoms with Crippen molar-refractivity contribution in [3.8, 4) is 5.75 Å². The molecule has 0 bridgehead atoms. The standard InChI is InChI=1S/C14H18Cl2N2O4/c15-9-4-5-12(10(16)7-9)22-8-13(19)18-11(14(20)21)3-1-2-6-17/h4-5,7,11H,1-3,6,8,17H2,(H,18,19)(H,20,21). The number of hydrogen-bond acceptors (Lipinski definition) is 4. The van der Waals surface area contributed by atoms with Crippen molar-refractivity contribution in [1.82, 2.24) is 5.32 Å². The van der Waals surface area contributed by atoms with Gasteiger partial charge in [0.2, 0.25) is 0 Å². The second-order valence-electron chi connectivity index (χ2n) is 4.61.